The van der Waals surface area contributed by atoms with Crippen LogP contribution in [-0.4, -0.2) is 20.6 Å². The summed E-state index contributed by atoms with van der Waals surface area (Å²) in [5, 5.41) is 11.6. The van der Waals surface area contributed by atoms with Gasteiger partial charge < -0.3 is 10.5 Å². The highest BCUT2D eigenvalue weighted by atomic mass is 16.5. The van der Waals surface area contributed by atoms with Crippen molar-refractivity contribution >= 4 is 5.84 Å². The molecule has 6 heteroatoms. The van der Waals surface area contributed by atoms with E-state index in [1.54, 1.807) is 30.1 Å². The van der Waals surface area contributed by atoms with E-state index in [-0.39, 0.29) is 5.84 Å². The minimum absolute atomic E-state index is 0.0544. The quantitative estimate of drug-likeness (QED) is 0.613. The molecule has 0 aliphatic carbocycles. The first kappa shape index (κ1) is 11.1. The number of nitrogens with one attached hydrogen (secondary N) is 1. The Morgan fingerprint density at radius 2 is 2.29 bits per heavy atom. The first-order valence-corrected chi connectivity index (χ1v) is 5.05. The average Bonchev–Trinajstić information content (AvgIpc) is 2.58. The molecule has 0 aromatic carbocycles. The number of aromatic nitrogens is 3. The van der Waals surface area contributed by atoms with E-state index in [2.05, 4.69) is 10.1 Å². The molecule has 0 saturated carbocycles. The Morgan fingerprint density at radius 1 is 1.53 bits per heavy atom. The Bertz CT molecular complexity index is 561. The van der Waals surface area contributed by atoms with Gasteiger partial charge in [-0.1, -0.05) is 0 Å². The van der Waals surface area contributed by atoms with Crippen LogP contribution in [0.5, 0.6) is 11.6 Å². The number of ether oxygens (including phenoxy) is 1. The van der Waals surface area contributed by atoms with E-state index in [0.717, 1.165) is 5.69 Å². The van der Waals surface area contributed by atoms with Gasteiger partial charge in [-0.15, -0.1) is 0 Å². The van der Waals surface area contributed by atoms with Crippen LogP contribution in [0.15, 0.2) is 24.5 Å². The van der Waals surface area contributed by atoms with Crippen molar-refractivity contribution < 1.29 is 4.74 Å². The van der Waals surface area contributed by atoms with Crippen LogP contribution >= 0.6 is 0 Å². The summed E-state index contributed by atoms with van der Waals surface area (Å²) in [5.74, 6) is 0.974. The van der Waals surface area contributed by atoms with Crippen LogP contribution in [-0.2, 0) is 7.05 Å². The topological polar surface area (TPSA) is 89.8 Å². The van der Waals surface area contributed by atoms with Gasteiger partial charge in [0.2, 0.25) is 5.88 Å². The summed E-state index contributed by atoms with van der Waals surface area (Å²) < 4.78 is 7.26. The Balaban J connectivity index is 2.36. The van der Waals surface area contributed by atoms with Crippen molar-refractivity contribution in [3.8, 4) is 11.6 Å². The zero-order valence-electron chi connectivity index (χ0n) is 9.64. The predicted octanol–water partition coefficient (Wildman–Crippen LogP) is 1.20. The molecule has 3 N–H and O–H groups in total. The molecule has 2 aromatic heterocycles. The first-order valence-electron chi connectivity index (χ1n) is 5.05. The van der Waals surface area contributed by atoms with Crippen LogP contribution in [0.1, 0.15) is 11.3 Å². The highest BCUT2D eigenvalue weighted by Gasteiger charge is 2.10. The van der Waals surface area contributed by atoms with E-state index >= 15 is 0 Å². The molecule has 0 aliphatic heterocycles. The van der Waals surface area contributed by atoms with Crippen molar-refractivity contribution in [2.24, 2.45) is 12.8 Å². The van der Waals surface area contributed by atoms with Crippen LogP contribution in [0.3, 0.4) is 0 Å². The van der Waals surface area contributed by atoms with Crippen LogP contribution < -0.4 is 10.5 Å². The monoisotopic (exact) mass is 231 g/mol. The number of rotatable bonds is 3. The Kier molecular flexibility index (Phi) is 2.78. The van der Waals surface area contributed by atoms with Gasteiger partial charge in [-0.25, -0.2) is 4.68 Å². The number of nitrogen functional groups attached to an aromatic ring is 1. The molecule has 0 saturated heterocycles. The van der Waals surface area contributed by atoms with E-state index in [4.69, 9.17) is 15.9 Å². The second kappa shape index (κ2) is 4.25. The fraction of sp³-hybridized carbons (Fsp3) is 0.182. The van der Waals surface area contributed by atoms with Crippen molar-refractivity contribution in [1.29, 1.82) is 5.41 Å². The zero-order valence-corrected chi connectivity index (χ0v) is 9.64. The van der Waals surface area contributed by atoms with E-state index in [1.165, 1.54) is 6.20 Å². The number of hydrogen-bond donors (Lipinski definition) is 2. The minimum atomic E-state index is -0.0544. The molecule has 2 rings (SSSR count). The molecule has 2 heterocycles. The van der Waals surface area contributed by atoms with Gasteiger partial charge in [-0.2, -0.15) is 5.10 Å². The van der Waals surface area contributed by atoms with Crippen molar-refractivity contribution in [1.82, 2.24) is 14.8 Å². The predicted molar refractivity (Wildman–Crippen MR) is 63.3 cm³/mol. The zero-order chi connectivity index (χ0) is 12.4. The molecular weight excluding hydrogens is 218 g/mol. The summed E-state index contributed by atoms with van der Waals surface area (Å²) >= 11 is 0. The summed E-state index contributed by atoms with van der Waals surface area (Å²) in [4.78, 5) is 3.95. The lowest BCUT2D eigenvalue weighted by Gasteiger charge is -2.08. The van der Waals surface area contributed by atoms with E-state index in [0.29, 0.717) is 17.2 Å². The van der Waals surface area contributed by atoms with Crippen LogP contribution in [0, 0.1) is 12.3 Å². The molecule has 0 bridgehead atoms. The summed E-state index contributed by atoms with van der Waals surface area (Å²) in [5.41, 5.74) is 6.83. The number of amidine groups is 1. The molecule has 0 atom stereocenters. The van der Waals surface area contributed by atoms with Crippen LogP contribution in [0.4, 0.5) is 0 Å². The van der Waals surface area contributed by atoms with Crippen molar-refractivity contribution in [2.75, 3.05) is 0 Å². The Labute approximate surface area is 98.5 Å². The molecule has 0 unspecified atom stereocenters. The fourth-order valence-corrected chi connectivity index (χ4v) is 1.48. The number of nitrogens with zero attached hydrogens (tertiary/aromatic N) is 3. The maximum absolute atomic E-state index is 7.45. The number of pyridine rings is 1. The number of aryl methyl sites for hydroxylation is 2. The van der Waals surface area contributed by atoms with Gasteiger partial charge in [0.1, 0.15) is 5.84 Å². The highest BCUT2D eigenvalue weighted by molar-refractivity contribution is 5.97. The lowest BCUT2D eigenvalue weighted by molar-refractivity contribution is 0.428. The summed E-state index contributed by atoms with van der Waals surface area (Å²) in [7, 11) is 1.78. The van der Waals surface area contributed by atoms with Crippen molar-refractivity contribution in [3.05, 3.63) is 35.8 Å². The number of hydrogen-bond acceptors (Lipinski definition) is 4. The maximum Gasteiger partial charge on any atom is 0.217 e. The molecule has 0 radical (unpaired) electrons. The number of nitrogens with two attached hydrogens (primary N) is 1. The second-order valence-electron chi connectivity index (χ2n) is 3.64. The molecule has 0 amide bonds. The summed E-state index contributed by atoms with van der Waals surface area (Å²) in [6, 6.07) is 3.44. The minimum Gasteiger partial charge on any atom is -0.437 e. The highest BCUT2D eigenvalue weighted by Crippen LogP contribution is 2.24. The normalized spacial score (nSPS) is 10.2. The van der Waals surface area contributed by atoms with Gasteiger partial charge in [0.15, 0.2) is 5.75 Å². The lowest BCUT2D eigenvalue weighted by Crippen LogP contribution is -2.12. The van der Waals surface area contributed by atoms with Gasteiger partial charge in [-0.05, 0) is 13.0 Å². The van der Waals surface area contributed by atoms with Gasteiger partial charge in [-0.3, -0.25) is 10.4 Å². The summed E-state index contributed by atoms with van der Waals surface area (Å²) in [6.45, 7) is 1.88. The van der Waals surface area contributed by atoms with Gasteiger partial charge in [0.25, 0.3) is 0 Å². The smallest absolute Gasteiger partial charge is 0.217 e. The third kappa shape index (κ3) is 2.25. The van der Waals surface area contributed by atoms with E-state index in [9.17, 15) is 0 Å². The van der Waals surface area contributed by atoms with E-state index < -0.39 is 0 Å². The standard InChI is InChI=1S/C11H13N5O/c1-7-5-10(16(2)15-7)17-9-6-14-4-3-8(9)11(12)13/h3-6H,1-2H3,(H3,12,13). The van der Waals surface area contributed by atoms with Gasteiger partial charge >= 0.3 is 0 Å². The SMILES string of the molecule is Cc1cc(Oc2cnccc2C(=N)N)n(C)n1. The van der Waals surface area contributed by atoms with Gasteiger partial charge in [0, 0.05) is 19.3 Å². The lowest BCUT2D eigenvalue weighted by atomic mass is 10.2. The first-order chi connectivity index (χ1) is 8.08. The van der Waals surface area contributed by atoms with E-state index in [1.807, 2.05) is 6.92 Å². The van der Waals surface area contributed by atoms with Crippen LogP contribution in [0.2, 0.25) is 0 Å². The molecule has 88 valence electrons. The third-order valence-corrected chi connectivity index (χ3v) is 2.25. The molecule has 6 nitrogen and oxygen atoms in total. The molecule has 0 fully saturated rings. The Morgan fingerprint density at radius 3 is 2.88 bits per heavy atom. The van der Waals surface area contributed by atoms with Gasteiger partial charge in [0.05, 0.1) is 17.5 Å². The largest absolute Gasteiger partial charge is 0.437 e. The average molecular weight is 231 g/mol. The Hall–Kier alpha value is -2.37. The van der Waals surface area contributed by atoms with Crippen LogP contribution in [0.25, 0.3) is 0 Å². The molecule has 0 spiro atoms. The summed E-state index contributed by atoms with van der Waals surface area (Å²) in [6.07, 6.45) is 3.09. The fourth-order valence-electron chi connectivity index (χ4n) is 1.48. The molecule has 17 heavy (non-hydrogen) atoms. The third-order valence-electron chi connectivity index (χ3n) is 2.25. The van der Waals surface area contributed by atoms with Crippen molar-refractivity contribution in [3.63, 3.8) is 0 Å². The molecule has 2 aromatic rings. The molecule has 0 aliphatic rings. The van der Waals surface area contributed by atoms with Crippen molar-refractivity contribution in [2.45, 2.75) is 6.92 Å². The second-order valence-corrected chi connectivity index (χ2v) is 3.64. The molecular formula is C11H13N5O. The maximum atomic E-state index is 7.45.